The molecule has 0 spiro atoms. The van der Waals surface area contributed by atoms with Crippen LogP contribution in [0.2, 0.25) is 0 Å². The molecular formula is C25H31N3O. The molecule has 3 heterocycles. The van der Waals surface area contributed by atoms with Gasteiger partial charge < -0.3 is 9.72 Å². The molecule has 152 valence electrons. The van der Waals surface area contributed by atoms with E-state index in [9.17, 15) is 0 Å². The van der Waals surface area contributed by atoms with Crippen LogP contribution >= 0.6 is 0 Å². The monoisotopic (exact) mass is 389 g/mol. The second-order valence-corrected chi connectivity index (χ2v) is 9.01. The van der Waals surface area contributed by atoms with E-state index in [-0.39, 0.29) is 0 Å². The number of aromatic nitrogens is 1. The first-order valence-electron chi connectivity index (χ1n) is 10.8. The number of H-pyrrole nitrogens is 1. The van der Waals surface area contributed by atoms with Crippen LogP contribution in [0.4, 0.5) is 0 Å². The maximum Gasteiger partial charge on any atom is 0.119 e. The van der Waals surface area contributed by atoms with Crippen molar-refractivity contribution in [3.8, 4) is 5.75 Å². The van der Waals surface area contributed by atoms with Crippen LogP contribution in [0.3, 0.4) is 0 Å². The van der Waals surface area contributed by atoms with Crippen LogP contribution < -0.4 is 4.74 Å². The molecular weight excluding hydrogens is 358 g/mol. The van der Waals surface area contributed by atoms with Gasteiger partial charge in [0.1, 0.15) is 5.75 Å². The highest BCUT2D eigenvalue weighted by Crippen LogP contribution is 2.34. The number of piperazine rings is 1. The van der Waals surface area contributed by atoms with E-state index in [0.29, 0.717) is 18.0 Å². The van der Waals surface area contributed by atoms with Gasteiger partial charge in [-0.3, -0.25) is 9.80 Å². The van der Waals surface area contributed by atoms with Crippen molar-refractivity contribution in [2.45, 2.75) is 51.4 Å². The molecule has 5 rings (SSSR count). The van der Waals surface area contributed by atoms with Crippen molar-refractivity contribution >= 4 is 10.9 Å². The Morgan fingerprint density at radius 2 is 1.76 bits per heavy atom. The number of benzene rings is 2. The van der Waals surface area contributed by atoms with Gasteiger partial charge in [-0.25, -0.2) is 0 Å². The Hall–Kier alpha value is -2.30. The molecule has 0 amide bonds. The number of aromatic amines is 1. The van der Waals surface area contributed by atoms with Gasteiger partial charge in [0, 0.05) is 54.9 Å². The molecule has 2 aliphatic rings. The lowest BCUT2D eigenvalue weighted by atomic mass is 10.1. The normalized spacial score (nSPS) is 22.2. The number of nitrogens with zero attached hydrogens (tertiary/aromatic N) is 2. The van der Waals surface area contributed by atoms with Crippen LogP contribution in [0.15, 0.2) is 48.5 Å². The summed E-state index contributed by atoms with van der Waals surface area (Å²) in [6.45, 7) is 8.93. The van der Waals surface area contributed by atoms with Crippen molar-refractivity contribution in [3.63, 3.8) is 0 Å². The molecule has 0 unspecified atom stereocenters. The van der Waals surface area contributed by atoms with E-state index in [0.717, 1.165) is 18.8 Å². The molecule has 0 aliphatic carbocycles. The molecule has 0 radical (unpaired) electrons. The molecule has 4 heteroatoms. The summed E-state index contributed by atoms with van der Waals surface area (Å²) in [5.74, 6) is 1.48. The Kier molecular flexibility index (Phi) is 4.84. The molecule has 3 aromatic rings. The molecule has 1 aromatic heterocycles. The highest BCUT2D eigenvalue weighted by atomic mass is 16.5. The first kappa shape index (κ1) is 18.7. The van der Waals surface area contributed by atoms with Crippen molar-refractivity contribution in [3.05, 3.63) is 65.4 Å². The van der Waals surface area contributed by atoms with Crippen LogP contribution in [0.1, 0.15) is 43.0 Å². The number of fused-ring (bicyclic) bond motifs is 3. The third-order valence-corrected chi connectivity index (χ3v) is 6.76. The second kappa shape index (κ2) is 7.51. The van der Waals surface area contributed by atoms with E-state index in [1.807, 2.05) is 6.07 Å². The van der Waals surface area contributed by atoms with Crippen LogP contribution in [0.5, 0.6) is 5.75 Å². The van der Waals surface area contributed by atoms with Crippen molar-refractivity contribution in [2.24, 2.45) is 0 Å². The topological polar surface area (TPSA) is 31.5 Å². The van der Waals surface area contributed by atoms with E-state index in [4.69, 9.17) is 4.74 Å². The Morgan fingerprint density at radius 1 is 1.00 bits per heavy atom. The SMILES string of the molecule is COc1cccc(CN2C[C@H]3C[C@@H]2CN3Cc2cccc3[nH]c(C(C)C)cc23)c1. The predicted molar refractivity (Wildman–Crippen MR) is 118 cm³/mol. The largest absolute Gasteiger partial charge is 0.497 e. The van der Waals surface area contributed by atoms with Crippen LogP contribution in [-0.2, 0) is 13.1 Å². The highest BCUT2D eigenvalue weighted by Gasteiger charge is 2.42. The van der Waals surface area contributed by atoms with Crippen molar-refractivity contribution < 1.29 is 4.74 Å². The first-order chi connectivity index (χ1) is 14.1. The average Bonchev–Trinajstić information content (AvgIpc) is 3.42. The third-order valence-electron chi connectivity index (χ3n) is 6.76. The summed E-state index contributed by atoms with van der Waals surface area (Å²) in [5.41, 5.74) is 5.41. The van der Waals surface area contributed by atoms with Crippen LogP contribution in [0, 0.1) is 0 Å². The minimum atomic E-state index is 0.531. The molecule has 29 heavy (non-hydrogen) atoms. The van der Waals surface area contributed by atoms with Gasteiger partial charge in [-0.15, -0.1) is 0 Å². The van der Waals surface area contributed by atoms with Crippen molar-refractivity contribution in [1.82, 2.24) is 14.8 Å². The van der Waals surface area contributed by atoms with Gasteiger partial charge in [-0.05, 0) is 47.7 Å². The van der Waals surface area contributed by atoms with E-state index in [1.54, 1.807) is 7.11 Å². The number of hydrogen-bond acceptors (Lipinski definition) is 3. The summed E-state index contributed by atoms with van der Waals surface area (Å²) >= 11 is 0. The minimum Gasteiger partial charge on any atom is -0.497 e. The van der Waals surface area contributed by atoms with Gasteiger partial charge in [0.15, 0.2) is 0 Å². The zero-order chi connectivity index (χ0) is 20.0. The number of methoxy groups -OCH3 is 1. The quantitative estimate of drug-likeness (QED) is 0.660. The number of hydrogen-bond donors (Lipinski definition) is 1. The zero-order valence-electron chi connectivity index (χ0n) is 17.7. The van der Waals surface area contributed by atoms with Gasteiger partial charge in [-0.2, -0.15) is 0 Å². The Balaban J connectivity index is 1.27. The summed E-state index contributed by atoms with van der Waals surface area (Å²) in [5, 5.41) is 1.40. The van der Waals surface area contributed by atoms with Crippen molar-refractivity contribution in [1.29, 1.82) is 0 Å². The van der Waals surface area contributed by atoms with E-state index in [2.05, 4.69) is 71.1 Å². The molecule has 2 saturated heterocycles. The predicted octanol–water partition coefficient (Wildman–Crippen LogP) is 4.76. The Bertz CT molecular complexity index is 1010. The van der Waals surface area contributed by atoms with Gasteiger partial charge >= 0.3 is 0 Å². The van der Waals surface area contributed by atoms with Gasteiger partial charge in [0.25, 0.3) is 0 Å². The first-order valence-corrected chi connectivity index (χ1v) is 10.8. The van der Waals surface area contributed by atoms with Crippen LogP contribution in [-0.4, -0.2) is 47.1 Å². The molecule has 0 saturated carbocycles. The number of ether oxygens (including phenoxy) is 1. The average molecular weight is 390 g/mol. The Morgan fingerprint density at radius 3 is 2.48 bits per heavy atom. The minimum absolute atomic E-state index is 0.531. The third kappa shape index (κ3) is 3.56. The van der Waals surface area contributed by atoms with Crippen LogP contribution in [0.25, 0.3) is 10.9 Å². The maximum absolute atomic E-state index is 5.39. The van der Waals surface area contributed by atoms with E-state index in [1.165, 1.54) is 47.2 Å². The summed E-state index contributed by atoms with van der Waals surface area (Å²) < 4.78 is 5.39. The standard InChI is InChI=1S/C25H31N3O/c1-17(2)25-12-23-19(7-5-9-24(23)26-25)14-28-16-20-11-21(28)15-27(20)13-18-6-4-8-22(10-18)29-3/h4-10,12,17,20-21,26H,11,13-16H2,1-3H3/t20-,21-/m1/s1. The number of likely N-dealkylation sites (tertiary alicyclic amines) is 2. The fraction of sp³-hybridized carbons (Fsp3) is 0.440. The van der Waals surface area contributed by atoms with E-state index < -0.39 is 0 Å². The summed E-state index contributed by atoms with van der Waals surface area (Å²) in [7, 11) is 1.74. The molecule has 2 bridgehead atoms. The number of nitrogens with one attached hydrogen (secondary N) is 1. The summed E-state index contributed by atoms with van der Waals surface area (Å²) in [4.78, 5) is 8.96. The van der Waals surface area contributed by atoms with Gasteiger partial charge in [0.2, 0.25) is 0 Å². The zero-order valence-corrected chi connectivity index (χ0v) is 17.7. The van der Waals surface area contributed by atoms with Gasteiger partial charge in [-0.1, -0.05) is 38.1 Å². The fourth-order valence-electron chi connectivity index (χ4n) is 5.13. The maximum atomic E-state index is 5.39. The molecule has 2 aliphatic heterocycles. The molecule has 2 aromatic carbocycles. The fourth-order valence-corrected chi connectivity index (χ4v) is 5.13. The molecule has 1 N–H and O–H groups in total. The molecule has 2 fully saturated rings. The summed E-state index contributed by atoms with van der Waals surface area (Å²) in [6.07, 6.45) is 1.30. The Labute approximate surface area is 173 Å². The lowest BCUT2D eigenvalue weighted by molar-refractivity contribution is 0.118. The summed E-state index contributed by atoms with van der Waals surface area (Å²) in [6, 6.07) is 18.9. The molecule has 4 nitrogen and oxygen atoms in total. The smallest absolute Gasteiger partial charge is 0.119 e. The van der Waals surface area contributed by atoms with Crippen molar-refractivity contribution in [2.75, 3.05) is 20.2 Å². The lowest BCUT2D eigenvalue weighted by Crippen LogP contribution is -2.45. The van der Waals surface area contributed by atoms with Gasteiger partial charge in [0.05, 0.1) is 7.11 Å². The second-order valence-electron chi connectivity index (χ2n) is 9.01. The van der Waals surface area contributed by atoms with E-state index >= 15 is 0 Å². The number of rotatable bonds is 6. The highest BCUT2D eigenvalue weighted by molar-refractivity contribution is 5.84. The molecule has 2 atom stereocenters. The lowest BCUT2D eigenvalue weighted by Gasteiger charge is -2.34.